The molecule has 0 aliphatic carbocycles. The fraction of sp³-hybridized carbons (Fsp3) is 0.312. The van der Waals surface area contributed by atoms with E-state index in [1.165, 1.54) is 0 Å². The van der Waals surface area contributed by atoms with Crippen LogP contribution in [0.3, 0.4) is 0 Å². The van der Waals surface area contributed by atoms with Gasteiger partial charge in [-0.25, -0.2) is 9.48 Å². The fourth-order valence-corrected chi connectivity index (χ4v) is 2.27. The lowest BCUT2D eigenvalue weighted by Gasteiger charge is -2.08. The molecule has 7 heteroatoms. The van der Waals surface area contributed by atoms with E-state index in [9.17, 15) is 9.59 Å². The fourth-order valence-electron chi connectivity index (χ4n) is 2.27. The number of urea groups is 1. The number of carbonyl (C=O) groups excluding carboxylic acids is 1. The van der Waals surface area contributed by atoms with Crippen LogP contribution in [0.4, 0.5) is 4.79 Å². The summed E-state index contributed by atoms with van der Waals surface area (Å²) in [4.78, 5) is 22.1. The summed E-state index contributed by atoms with van der Waals surface area (Å²) < 4.78 is 1.84. The number of hydrogen-bond acceptors (Lipinski definition) is 3. The normalized spacial score (nSPS) is 10.3. The van der Waals surface area contributed by atoms with Gasteiger partial charge >= 0.3 is 12.0 Å². The Morgan fingerprint density at radius 2 is 1.87 bits per heavy atom. The van der Waals surface area contributed by atoms with Gasteiger partial charge in [-0.3, -0.25) is 4.79 Å². The third-order valence-electron chi connectivity index (χ3n) is 3.49. The minimum atomic E-state index is -0.943. The number of nitrogens with one attached hydrogen (secondary N) is 2. The van der Waals surface area contributed by atoms with E-state index in [2.05, 4.69) is 15.7 Å². The number of para-hydroxylation sites is 1. The van der Waals surface area contributed by atoms with Crippen molar-refractivity contribution in [3.05, 3.63) is 47.3 Å². The van der Waals surface area contributed by atoms with Crippen molar-refractivity contribution in [2.24, 2.45) is 0 Å². The average Bonchev–Trinajstić information content (AvgIpc) is 2.80. The Balaban J connectivity index is 2.00. The van der Waals surface area contributed by atoms with Gasteiger partial charge in [-0.1, -0.05) is 18.2 Å². The molecule has 0 saturated heterocycles. The third kappa shape index (κ3) is 4.32. The van der Waals surface area contributed by atoms with Crippen LogP contribution in [0.2, 0.25) is 0 Å². The number of carbonyl (C=O) groups is 2. The number of benzene rings is 1. The number of rotatable bonds is 6. The van der Waals surface area contributed by atoms with Crippen LogP contribution in [-0.2, 0) is 11.3 Å². The summed E-state index contributed by atoms with van der Waals surface area (Å²) >= 11 is 0. The van der Waals surface area contributed by atoms with E-state index in [1.54, 1.807) is 0 Å². The maximum Gasteiger partial charge on any atom is 0.315 e. The summed E-state index contributed by atoms with van der Waals surface area (Å²) in [5, 5.41) is 18.3. The van der Waals surface area contributed by atoms with Crippen LogP contribution in [0.1, 0.15) is 23.4 Å². The highest BCUT2D eigenvalue weighted by Gasteiger charge is 2.13. The standard InChI is InChI=1S/C16H20N4O3/c1-11-14(10-18-16(23)17-9-8-15(21)22)12(2)20(19-11)13-6-4-3-5-7-13/h3-7H,8-10H2,1-2H3,(H,21,22)(H2,17,18,23). The molecular weight excluding hydrogens is 296 g/mol. The van der Waals surface area contributed by atoms with Gasteiger partial charge in [0.05, 0.1) is 17.8 Å². The zero-order valence-corrected chi connectivity index (χ0v) is 13.2. The van der Waals surface area contributed by atoms with Crippen LogP contribution in [0.5, 0.6) is 0 Å². The Morgan fingerprint density at radius 1 is 1.17 bits per heavy atom. The highest BCUT2D eigenvalue weighted by molar-refractivity contribution is 5.75. The predicted molar refractivity (Wildman–Crippen MR) is 85.5 cm³/mol. The Kier molecular flexibility index (Phi) is 5.35. The average molecular weight is 316 g/mol. The van der Waals surface area contributed by atoms with Gasteiger partial charge in [-0.15, -0.1) is 0 Å². The topological polar surface area (TPSA) is 96.3 Å². The summed E-state index contributed by atoms with van der Waals surface area (Å²) in [6, 6.07) is 9.38. The number of hydrogen-bond donors (Lipinski definition) is 3. The lowest BCUT2D eigenvalue weighted by molar-refractivity contribution is -0.136. The Hall–Kier alpha value is -2.83. The molecule has 1 heterocycles. The van der Waals surface area contributed by atoms with Crippen molar-refractivity contribution in [2.75, 3.05) is 6.54 Å². The van der Waals surface area contributed by atoms with E-state index in [1.807, 2.05) is 48.9 Å². The second-order valence-corrected chi connectivity index (χ2v) is 5.15. The van der Waals surface area contributed by atoms with E-state index < -0.39 is 12.0 Å². The first kappa shape index (κ1) is 16.5. The van der Waals surface area contributed by atoms with E-state index in [0.717, 1.165) is 22.6 Å². The molecule has 0 aliphatic heterocycles. The smallest absolute Gasteiger partial charge is 0.315 e. The number of carboxylic acid groups (broad SMARTS) is 1. The molecule has 7 nitrogen and oxygen atoms in total. The molecule has 2 aromatic rings. The zero-order chi connectivity index (χ0) is 16.8. The van der Waals surface area contributed by atoms with Gasteiger partial charge in [0.1, 0.15) is 0 Å². The molecule has 0 aliphatic rings. The van der Waals surface area contributed by atoms with Gasteiger partial charge in [0, 0.05) is 24.3 Å². The van der Waals surface area contributed by atoms with Crippen LogP contribution in [-0.4, -0.2) is 33.4 Å². The minimum Gasteiger partial charge on any atom is -0.481 e. The minimum absolute atomic E-state index is 0.0996. The van der Waals surface area contributed by atoms with E-state index >= 15 is 0 Å². The SMILES string of the molecule is Cc1nn(-c2ccccc2)c(C)c1CNC(=O)NCCC(=O)O. The maximum absolute atomic E-state index is 11.7. The third-order valence-corrected chi connectivity index (χ3v) is 3.49. The molecule has 0 fully saturated rings. The summed E-state index contributed by atoms with van der Waals surface area (Å²) in [6.45, 7) is 4.28. The van der Waals surface area contributed by atoms with Crippen molar-refractivity contribution in [1.29, 1.82) is 0 Å². The lowest BCUT2D eigenvalue weighted by Crippen LogP contribution is -2.36. The van der Waals surface area contributed by atoms with Crippen molar-refractivity contribution in [1.82, 2.24) is 20.4 Å². The van der Waals surface area contributed by atoms with Crippen molar-refractivity contribution in [3.8, 4) is 5.69 Å². The molecule has 2 amide bonds. The number of amides is 2. The molecule has 0 unspecified atom stereocenters. The number of aliphatic carboxylic acids is 1. The van der Waals surface area contributed by atoms with Gasteiger partial charge in [-0.05, 0) is 26.0 Å². The summed E-state index contributed by atoms with van der Waals surface area (Å²) in [6.07, 6.45) is -0.0998. The zero-order valence-electron chi connectivity index (χ0n) is 13.2. The Bertz CT molecular complexity index is 695. The maximum atomic E-state index is 11.7. The molecule has 23 heavy (non-hydrogen) atoms. The van der Waals surface area contributed by atoms with Gasteiger partial charge in [0.2, 0.25) is 0 Å². The quantitative estimate of drug-likeness (QED) is 0.756. The molecular formula is C16H20N4O3. The first-order valence-corrected chi connectivity index (χ1v) is 7.33. The van der Waals surface area contributed by atoms with Crippen molar-refractivity contribution in [2.45, 2.75) is 26.8 Å². The highest BCUT2D eigenvalue weighted by atomic mass is 16.4. The largest absolute Gasteiger partial charge is 0.481 e. The second kappa shape index (κ2) is 7.44. The van der Waals surface area contributed by atoms with Crippen molar-refractivity contribution in [3.63, 3.8) is 0 Å². The molecule has 0 atom stereocenters. The van der Waals surface area contributed by atoms with Gasteiger partial charge < -0.3 is 15.7 Å². The summed E-state index contributed by atoms with van der Waals surface area (Å²) in [7, 11) is 0. The number of aryl methyl sites for hydroxylation is 1. The number of nitrogens with zero attached hydrogens (tertiary/aromatic N) is 2. The van der Waals surface area contributed by atoms with Crippen molar-refractivity contribution >= 4 is 12.0 Å². The molecule has 2 rings (SSSR count). The molecule has 122 valence electrons. The van der Waals surface area contributed by atoms with E-state index in [0.29, 0.717) is 6.54 Å². The van der Waals surface area contributed by atoms with Crippen LogP contribution in [0.15, 0.2) is 30.3 Å². The Morgan fingerprint density at radius 3 is 2.52 bits per heavy atom. The molecule has 1 aromatic heterocycles. The van der Waals surface area contributed by atoms with Gasteiger partial charge in [-0.2, -0.15) is 5.10 Å². The molecule has 0 bridgehead atoms. The van der Waals surface area contributed by atoms with Gasteiger partial charge in [0.25, 0.3) is 0 Å². The molecule has 3 N–H and O–H groups in total. The van der Waals surface area contributed by atoms with Crippen LogP contribution >= 0.6 is 0 Å². The second-order valence-electron chi connectivity index (χ2n) is 5.15. The van der Waals surface area contributed by atoms with Crippen LogP contribution in [0, 0.1) is 13.8 Å². The summed E-state index contributed by atoms with van der Waals surface area (Å²) in [5.74, 6) is -0.943. The molecule has 0 spiro atoms. The molecule has 1 aromatic carbocycles. The highest BCUT2D eigenvalue weighted by Crippen LogP contribution is 2.17. The van der Waals surface area contributed by atoms with Gasteiger partial charge in [0.15, 0.2) is 0 Å². The van der Waals surface area contributed by atoms with E-state index in [4.69, 9.17) is 5.11 Å². The van der Waals surface area contributed by atoms with Crippen molar-refractivity contribution < 1.29 is 14.7 Å². The first-order chi connectivity index (χ1) is 11.0. The number of aromatic nitrogens is 2. The molecule has 0 radical (unpaired) electrons. The monoisotopic (exact) mass is 316 g/mol. The number of carboxylic acids is 1. The van der Waals surface area contributed by atoms with Crippen LogP contribution < -0.4 is 10.6 Å². The van der Waals surface area contributed by atoms with E-state index in [-0.39, 0.29) is 13.0 Å². The summed E-state index contributed by atoms with van der Waals surface area (Å²) in [5.41, 5.74) is 3.71. The lowest BCUT2D eigenvalue weighted by atomic mass is 10.2. The Labute approximate surface area is 134 Å². The predicted octanol–water partition coefficient (Wildman–Crippen LogP) is 1.76. The van der Waals surface area contributed by atoms with Crippen LogP contribution in [0.25, 0.3) is 5.69 Å². The first-order valence-electron chi connectivity index (χ1n) is 7.33. The molecule has 0 saturated carbocycles.